The van der Waals surface area contributed by atoms with Crippen LogP contribution in [0.4, 0.5) is 0 Å². The van der Waals surface area contributed by atoms with Gasteiger partial charge in [-0.15, -0.1) is 0 Å². The van der Waals surface area contributed by atoms with Crippen molar-refractivity contribution in [2.45, 2.75) is 45.6 Å². The van der Waals surface area contributed by atoms with Crippen molar-refractivity contribution in [3.8, 4) is 0 Å². The SMILES string of the molecule is CC1CCCN(C(CN)c2ccc(C(C)C)cc2)C1. The van der Waals surface area contributed by atoms with Gasteiger partial charge >= 0.3 is 0 Å². The van der Waals surface area contributed by atoms with Gasteiger partial charge in [-0.2, -0.15) is 0 Å². The number of benzene rings is 1. The second-order valence-electron chi connectivity index (χ2n) is 6.32. The molecule has 106 valence electrons. The third-order valence-corrected chi connectivity index (χ3v) is 4.34. The average Bonchev–Trinajstić information content (AvgIpc) is 2.40. The summed E-state index contributed by atoms with van der Waals surface area (Å²) in [5.74, 6) is 1.40. The number of piperidine rings is 1. The Kier molecular flexibility index (Phi) is 5.00. The largest absolute Gasteiger partial charge is 0.329 e. The fraction of sp³-hybridized carbons (Fsp3) is 0.647. The summed E-state index contributed by atoms with van der Waals surface area (Å²) < 4.78 is 0. The van der Waals surface area contributed by atoms with Crippen molar-refractivity contribution in [2.75, 3.05) is 19.6 Å². The molecule has 2 rings (SSSR count). The van der Waals surface area contributed by atoms with Crippen LogP contribution in [0.25, 0.3) is 0 Å². The van der Waals surface area contributed by atoms with Crippen LogP contribution in [0.1, 0.15) is 56.7 Å². The molecule has 0 amide bonds. The van der Waals surface area contributed by atoms with Gasteiger partial charge in [-0.25, -0.2) is 0 Å². The monoisotopic (exact) mass is 260 g/mol. The van der Waals surface area contributed by atoms with E-state index in [0.717, 1.165) is 5.92 Å². The smallest absolute Gasteiger partial charge is 0.0470 e. The van der Waals surface area contributed by atoms with E-state index in [-0.39, 0.29) is 0 Å². The third kappa shape index (κ3) is 3.58. The molecule has 1 saturated heterocycles. The Morgan fingerprint density at radius 2 is 1.84 bits per heavy atom. The molecule has 1 aliphatic heterocycles. The highest BCUT2D eigenvalue weighted by atomic mass is 15.2. The quantitative estimate of drug-likeness (QED) is 0.897. The van der Waals surface area contributed by atoms with Gasteiger partial charge in [0.05, 0.1) is 0 Å². The molecule has 0 spiro atoms. The molecular weight excluding hydrogens is 232 g/mol. The van der Waals surface area contributed by atoms with Crippen molar-refractivity contribution in [3.05, 3.63) is 35.4 Å². The molecule has 2 heteroatoms. The maximum atomic E-state index is 6.04. The minimum Gasteiger partial charge on any atom is -0.329 e. The van der Waals surface area contributed by atoms with Crippen molar-refractivity contribution in [2.24, 2.45) is 11.7 Å². The summed E-state index contributed by atoms with van der Waals surface area (Å²) in [6.07, 6.45) is 2.67. The van der Waals surface area contributed by atoms with Gasteiger partial charge in [0.15, 0.2) is 0 Å². The first kappa shape index (κ1) is 14.5. The summed E-state index contributed by atoms with van der Waals surface area (Å²) in [6, 6.07) is 9.45. The van der Waals surface area contributed by atoms with Gasteiger partial charge in [0.1, 0.15) is 0 Å². The van der Waals surface area contributed by atoms with Gasteiger partial charge < -0.3 is 5.73 Å². The first-order valence-corrected chi connectivity index (χ1v) is 7.65. The van der Waals surface area contributed by atoms with Crippen molar-refractivity contribution >= 4 is 0 Å². The van der Waals surface area contributed by atoms with Crippen molar-refractivity contribution in [3.63, 3.8) is 0 Å². The molecule has 0 aromatic heterocycles. The predicted octanol–water partition coefficient (Wildman–Crippen LogP) is 3.54. The van der Waals surface area contributed by atoms with Gasteiger partial charge in [0.25, 0.3) is 0 Å². The van der Waals surface area contributed by atoms with Crippen LogP contribution in [-0.4, -0.2) is 24.5 Å². The summed E-state index contributed by atoms with van der Waals surface area (Å²) in [7, 11) is 0. The zero-order valence-corrected chi connectivity index (χ0v) is 12.6. The Morgan fingerprint density at radius 1 is 1.21 bits per heavy atom. The molecule has 0 bridgehead atoms. The highest BCUT2D eigenvalue weighted by molar-refractivity contribution is 5.27. The van der Waals surface area contributed by atoms with Gasteiger partial charge in [-0.05, 0) is 42.3 Å². The number of hydrogen-bond donors (Lipinski definition) is 1. The van der Waals surface area contributed by atoms with E-state index >= 15 is 0 Å². The van der Waals surface area contributed by atoms with Crippen LogP contribution < -0.4 is 5.73 Å². The van der Waals surface area contributed by atoms with E-state index < -0.39 is 0 Å². The number of hydrogen-bond acceptors (Lipinski definition) is 2. The highest BCUT2D eigenvalue weighted by Gasteiger charge is 2.24. The normalized spacial score (nSPS) is 22.7. The molecule has 19 heavy (non-hydrogen) atoms. The Bertz CT molecular complexity index is 383. The predicted molar refractivity (Wildman–Crippen MR) is 82.3 cm³/mol. The molecule has 1 aromatic carbocycles. The molecule has 2 nitrogen and oxygen atoms in total. The van der Waals surface area contributed by atoms with E-state index in [2.05, 4.69) is 49.9 Å². The first-order valence-electron chi connectivity index (χ1n) is 7.65. The Hall–Kier alpha value is -0.860. The van der Waals surface area contributed by atoms with Crippen LogP contribution in [0, 0.1) is 5.92 Å². The molecule has 1 heterocycles. The Labute approximate surface area is 118 Å². The lowest BCUT2D eigenvalue weighted by molar-refractivity contribution is 0.133. The van der Waals surface area contributed by atoms with Gasteiger partial charge in [0.2, 0.25) is 0 Å². The summed E-state index contributed by atoms with van der Waals surface area (Å²) in [6.45, 7) is 9.92. The number of nitrogens with zero attached hydrogens (tertiary/aromatic N) is 1. The average molecular weight is 260 g/mol. The topological polar surface area (TPSA) is 29.3 Å². The van der Waals surface area contributed by atoms with E-state index in [1.807, 2.05) is 0 Å². The van der Waals surface area contributed by atoms with E-state index in [1.54, 1.807) is 0 Å². The number of likely N-dealkylation sites (tertiary alicyclic amines) is 1. The van der Waals surface area contributed by atoms with Crippen LogP contribution in [0.3, 0.4) is 0 Å². The second-order valence-corrected chi connectivity index (χ2v) is 6.32. The molecule has 1 aromatic rings. The maximum Gasteiger partial charge on any atom is 0.0470 e. The lowest BCUT2D eigenvalue weighted by Gasteiger charge is -2.37. The van der Waals surface area contributed by atoms with Crippen LogP contribution >= 0.6 is 0 Å². The minimum atomic E-state index is 0.393. The van der Waals surface area contributed by atoms with Crippen LogP contribution in [0.5, 0.6) is 0 Å². The molecule has 2 atom stereocenters. The standard InChI is InChI=1S/C17H28N2/c1-13(2)15-6-8-16(9-7-15)17(11-18)19-10-4-5-14(3)12-19/h6-9,13-14,17H,4-5,10-12,18H2,1-3H3. The fourth-order valence-electron chi connectivity index (χ4n) is 3.11. The van der Waals surface area contributed by atoms with Crippen LogP contribution in [-0.2, 0) is 0 Å². The lowest BCUT2D eigenvalue weighted by Crippen LogP contribution is -2.40. The zero-order valence-electron chi connectivity index (χ0n) is 12.6. The van der Waals surface area contributed by atoms with Crippen LogP contribution in [0.15, 0.2) is 24.3 Å². The summed E-state index contributed by atoms with van der Waals surface area (Å²) in [4.78, 5) is 2.57. The molecule has 0 radical (unpaired) electrons. The molecule has 0 saturated carbocycles. The van der Waals surface area contributed by atoms with Crippen molar-refractivity contribution in [1.29, 1.82) is 0 Å². The summed E-state index contributed by atoms with van der Waals surface area (Å²) >= 11 is 0. The van der Waals surface area contributed by atoms with E-state index in [4.69, 9.17) is 5.73 Å². The third-order valence-electron chi connectivity index (χ3n) is 4.34. The first-order chi connectivity index (χ1) is 9.11. The van der Waals surface area contributed by atoms with Crippen molar-refractivity contribution < 1.29 is 0 Å². The van der Waals surface area contributed by atoms with Gasteiger partial charge in [-0.3, -0.25) is 4.90 Å². The molecule has 1 aliphatic rings. The minimum absolute atomic E-state index is 0.393. The van der Waals surface area contributed by atoms with Crippen molar-refractivity contribution in [1.82, 2.24) is 4.90 Å². The molecule has 2 unspecified atom stereocenters. The molecule has 0 aliphatic carbocycles. The fourth-order valence-corrected chi connectivity index (χ4v) is 3.11. The summed E-state index contributed by atoms with van der Waals surface area (Å²) in [5.41, 5.74) is 8.82. The van der Waals surface area contributed by atoms with Crippen LogP contribution in [0.2, 0.25) is 0 Å². The highest BCUT2D eigenvalue weighted by Crippen LogP contribution is 2.27. The summed E-state index contributed by atoms with van der Waals surface area (Å²) in [5, 5.41) is 0. The van der Waals surface area contributed by atoms with E-state index in [1.165, 1.54) is 37.1 Å². The second kappa shape index (κ2) is 6.53. The molecular formula is C17H28N2. The molecule has 1 fully saturated rings. The van der Waals surface area contributed by atoms with Gasteiger partial charge in [-0.1, -0.05) is 45.0 Å². The number of rotatable bonds is 4. The van der Waals surface area contributed by atoms with E-state index in [9.17, 15) is 0 Å². The Morgan fingerprint density at radius 3 is 2.37 bits per heavy atom. The zero-order chi connectivity index (χ0) is 13.8. The lowest BCUT2D eigenvalue weighted by atomic mass is 9.94. The van der Waals surface area contributed by atoms with Gasteiger partial charge in [0, 0.05) is 19.1 Å². The van der Waals surface area contributed by atoms with E-state index in [0.29, 0.717) is 18.5 Å². The Balaban J connectivity index is 2.12. The number of nitrogens with two attached hydrogens (primary N) is 1. The maximum absolute atomic E-state index is 6.04. The molecule has 2 N–H and O–H groups in total.